The maximum absolute atomic E-state index is 12.9. The smallest absolute Gasteiger partial charge is 0.368 e. The van der Waals surface area contributed by atoms with Gasteiger partial charge in [0.1, 0.15) is 11.2 Å². The Labute approximate surface area is 163 Å². The molecule has 29 heavy (non-hydrogen) atoms. The Bertz CT molecular complexity index is 1120. The summed E-state index contributed by atoms with van der Waals surface area (Å²) in [7, 11) is 0. The van der Waals surface area contributed by atoms with Gasteiger partial charge in [-0.25, -0.2) is 4.98 Å². The van der Waals surface area contributed by atoms with Gasteiger partial charge in [0.2, 0.25) is 0 Å². The minimum atomic E-state index is -4.40. The molecule has 1 aliphatic heterocycles. The van der Waals surface area contributed by atoms with Gasteiger partial charge >= 0.3 is 6.18 Å². The van der Waals surface area contributed by atoms with Crippen LogP contribution in [0, 0.1) is 0 Å². The van der Waals surface area contributed by atoms with E-state index in [2.05, 4.69) is 4.98 Å². The van der Waals surface area contributed by atoms with Crippen LogP contribution in [0.2, 0.25) is 0 Å². The number of pyridine rings is 1. The molecule has 0 atom stereocenters. The largest absolute Gasteiger partial charge is 0.416 e. The fourth-order valence-electron chi connectivity index (χ4n) is 3.39. The van der Waals surface area contributed by atoms with Crippen LogP contribution in [0.15, 0.2) is 59.7 Å². The van der Waals surface area contributed by atoms with Crippen molar-refractivity contribution in [1.82, 2.24) is 14.3 Å². The first-order chi connectivity index (χ1) is 13.8. The van der Waals surface area contributed by atoms with Crippen molar-refractivity contribution in [2.75, 3.05) is 31.1 Å². The van der Waals surface area contributed by atoms with Gasteiger partial charge in [-0.1, -0.05) is 12.1 Å². The molecule has 1 saturated heterocycles. The predicted molar refractivity (Wildman–Crippen MR) is 101 cm³/mol. The van der Waals surface area contributed by atoms with Gasteiger partial charge in [0, 0.05) is 44.3 Å². The number of anilines is 1. The molecule has 2 aromatic heterocycles. The van der Waals surface area contributed by atoms with Crippen molar-refractivity contribution in [2.45, 2.75) is 6.18 Å². The number of aromatic nitrogens is 2. The van der Waals surface area contributed by atoms with Gasteiger partial charge in [0.15, 0.2) is 0 Å². The molecule has 0 aliphatic carbocycles. The molecule has 0 radical (unpaired) electrons. The number of carbonyl (C=O) groups is 1. The number of benzene rings is 1. The van der Waals surface area contributed by atoms with Crippen molar-refractivity contribution in [3.63, 3.8) is 0 Å². The first-order valence-corrected chi connectivity index (χ1v) is 9.02. The number of carbonyl (C=O) groups excluding carboxylic acids is 1. The molecule has 0 unspecified atom stereocenters. The lowest BCUT2D eigenvalue weighted by atomic mass is 10.1. The highest BCUT2D eigenvalue weighted by Gasteiger charge is 2.31. The molecule has 3 aromatic rings. The average Bonchev–Trinajstić information content (AvgIpc) is 2.73. The summed E-state index contributed by atoms with van der Waals surface area (Å²) in [5.41, 5.74) is -0.270. The monoisotopic (exact) mass is 402 g/mol. The molecule has 1 aromatic carbocycles. The molecule has 3 heterocycles. The number of piperazine rings is 1. The first kappa shape index (κ1) is 19.0. The van der Waals surface area contributed by atoms with E-state index in [0.29, 0.717) is 37.5 Å². The van der Waals surface area contributed by atoms with Crippen LogP contribution >= 0.6 is 0 Å². The molecule has 0 N–H and O–H groups in total. The quantitative estimate of drug-likeness (QED) is 0.662. The van der Waals surface area contributed by atoms with E-state index in [4.69, 9.17) is 0 Å². The lowest BCUT2D eigenvalue weighted by Gasteiger charge is -2.36. The number of halogens is 3. The minimum absolute atomic E-state index is 0.0266. The standard InChI is InChI=1S/C20H17F3N4O2/c21-20(22,23)14-4-3-5-15(12-14)25-8-10-26(11-9-25)18(28)16-13-24-17-6-1-2-7-27(17)19(16)29/h1-7,12-13H,8-11H2. The van der Waals surface area contributed by atoms with Crippen molar-refractivity contribution in [2.24, 2.45) is 0 Å². The summed E-state index contributed by atoms with van der Waals surface area (Å²) in [6.07, 6.45) is -1.58. The average molecular weight is 402 g/mol. The first-order valence-electron chi connectivity index (χ1n) is 9.02. The Morgan fingerprint density at radius 2 is 1.76 bits per heavy atom. The fraction of sp³-hybridized carbons (Fsp3) is 0.250. The second kappa shape index (κ2) is 7.23. The summed E-state index contributed by atoms with van der Waals surface area (Å²) >= 11 is 0. The molecule has 0 spiro atoms. The number of rotatable bonds is 2. The molecule has 150 valence electrons. The molecule has 9 heteroatoms. The van der Waals surface area contributed by atoms with E-state index in [1.807, 2.05) is 0 Å². The molecule has 4 rings (SSSR count). The number of alkyl halides is 3. The van der Waals surface area contributed by atoms with Crippen LogP contribution in [-0.4, -0.2) is 46.4 Å². The van der Waals surface area contributed by atoms with E-state index >= 15 is 0 Å². The molecular weight excluding hydrogens is 385 g/mol. The molecule has 1 aliphatic rings. The van der Waals surface area contributed by atoms with Crippen LogP contribution < -0.4 is 10.5 Å². The topological polar surface area (TPSA) is 57.9 Å². The fourth-order valence-corrected chi connectivity index (χ4v) is 3.39. The summed E-state index contributed by atoms with van der Waals surface area (Å²) in [6.45, 7) is 1.34. The SMILES string of the molecule is O=C(c1cnc2ccccn2c1=O)N1CCN(c2cccc(C(F)(F)F)c2)CC1. The molecule has 1 amide bonds. The second-order valence-electron chi connectivity index (χ2n) is 6.73. The van der Waals surface area contributed by atoms with E-state index in [-0.39, 0.29) is 5.56 Å². The van der Waals surface area contributed by atoms with Crippen LogP contribution in [-0.2, 0) is 6.18 Å². The molecular formula is C20H17F3N4O2. The molecule has 0 saturated carbocycles. The summed E-state index contributed by atoms with van der Waals surface area (Å²) in [6, 6.07) is 10.2. The van der Waals surface area contributed by atoms with Crippen LogP contribution in [0.3, 0.4) is 0 Å². The summed E-state index contributed by atoms with van der Waals surface area (Å²) in [5, 5.41) is 0. The zero-order valence-electron chi connectivity index (χ0n) is 15.3. The Morgan fingerprint density at radius 3 is 2.48 bits per heavy atom. The Balaban J connectivity index is 1.50. The highest BCUT2D eigenvalue weighted by Crippen LogP contribution is 2.31. The summed E-state index contributed by atoms with van der Waals surface area (Å²) in [4.78, 5) is 32.9. The van der Waals surface area contributed by atoms with Gasteiger partial charge in [-0.2, -0.15) is 13.2 Å². The van der Waals surface area contributed by atoms with Crippen LogP contribution in [0.1, 0.15) is 15.9 Å². The van der Waals surface area contributed by atoms with Gasteiger partial charge in [0.05, 0.1) is 5.56 Å². The van der Waals surface area contributed by atoms with Crippen molar-refractivity contribution in [1.29, 1.82) is 0 Å². The van der Waals surface area contributed by atoms with Gasteiger partial charge in [-0.3, -0.25) is 14.0 Å². The molecule has 1 fully saturated rings. The Kier molecular flexibility index (Phi) is 4.73. The van der Waals surface area contributed by atoms with Gasteiger partial charge in [0.25, 0.3) is 11.5 Å². The third-order valence-corrected chi connectivity index (χ3v) is 4.95. The second-order valence-corrected chi connectivity index (χ2v) is 6.73. The minimum Gasteiger partial charge on any atom is -0.368 e. The lowest BCUT2D eigenvalue weighted by molar-refractivity contribution is -0.137. The number of hydrogen-bond donors (Lipinski definition) is 0. The number of amides is 1. The van der Waals surface area contributed by atoms with Crippen molar-refractivity contribution in [3.8, 4) is 0 Å². The Morgan fingerprint density at radius 1 is 1.00 bits per heavy atom. The van der Waals surface area contributed by atoms with Crippen molar-refractivity contribution in [3.05, 3.63) is 76.3 Å². The predicted octanol–water partition coefficient (Wildman–Crippen LogP) is 2.68. The van der Waals surface area contributed by atoms with Crippen LogP contribution in [0.5, 0.6) is 0 Å². The normalized spacial score (nSPS) is 15.0. The van der Waals surface area contributed by atoms with E-state index in [1.54, 1.807) is 35.4 Å². The van der Waals surface area contributed by atoms with E-state index in [0.717, 1.165) is 12.1 Å². The Hall–Kier alpha value is -3.36. The van der Waals surface area contributed by atoms with Crippen LogP contribution in [0.25, 0.3) is 5.65 Å². The zero-order valence-corrected chi connectivity index (χ0v) is 15.3. The summed E-state index contributed by atoms with van der Waals surface area (Å²) in [5.74, 6) is -0.426. The third-order valence-electron chi connectivity index (χ3n) is 4.95. The van der Waals surface area contributed by atoms with Gasteiger partial charge < -0.3 is 9.80 Å². The highest BCUT2D eigenvalue weighted by molar-refractivity contribution is 5.94. The maximum atomic E-state index is 12.9. The van der Waals surface area contributed by atoms with E-state index in [1.165, 1.54) is 21.6 Å². The number of fused-ring (bicyclic) bond motifs is 1. The van der Waals surface area contributed by atoms with Gasteiger partial charge in [-0.15, -0.1) is 0 Å². The highest BCUT2D eigenvalue weighted by atomic mass is 19.4. The number of hydrogen-bond acceptors (Lipinski definition) is 4. The van der Waals surface area contributed by atoms with E-state index in [9.17, 15) is 22.8 Å². The maximum Gasteiger partial charge on any atom is 0.416 e. The van der Waals surface area contributed by atoms with Crippen LogP contribution in [0.4, 0.5) is 18.9 Å². The molecule has 0 bridgehead atoms. The van der Waals surface area contributed by atoms with E-state index < -0.39 is 23.2 Å². The van der Waals surface area contributed by atoms with Crippen molar-refractivity contribution < 1.29 is 18.0 Å². The van der Waals surface area contributed by atoms with Gasteiger partial charge in [-0.05, 0) is 30.3 Å². The van der Waals surface area contributed by atoms with Crippen molar-refractivity contribution >= 4 is 17.2 Å². The third kappa shape index (κ3) is 3.67. The zero-order chi connectivity index (χ0) is 20.6. The lowest BCUT2D eigenvalue weighted by Crippen LogP contribution is -2.49. The number of nitrogens with zero attached hydrogens (tertiary/aromatic N) is 4. The summed E-state index contributed by atoms with van der Waals surface area (Å²) < 4.78 is 40.1. The molecule has 6 nitrogen and oxygen atoms in total.